The fourth-order valence-electron chi connectivity index (χ4n) is 2.46. The summed E-state index contributed by atoms with van der Waals surface area (Å²) in [5.41, 5.74) is 2.72. The molecular formula is C11H27NSi. The molecule has 0 aromatic heterocycles. The Kier molecular flexibility index (Phi) is 6.69. The van der Waals surface area contributed by atoms with Crippen LogP contribution in [-0.2, 0) is 0 Å². The molecule has 1 N–H and O–H groups in total. The van der Waals surface area contributed by atoms with E-state index in [4.69, 9.17) is 0 Å². The van der Waals surface area contributed by atoms with Gasteiger partial charge in [-0.1, -0.05) is 46.6 Å². The van der Waals surface area contributed by atoms with Gasteiger partial charge in [-0.25, -0.2) is 0 Å². The van der Waals surface area contributed by atoms with E-state index in [1.54, 1.807) is 0 Å². The zero-order chi connectivity index (χ0) is 10.4. The highest BCUT2D eigenvalue weighted by molar-refractivity contribution is 6.63. The van der Waals surface area contributed by atoms with Gasteiger partial charge in [-0.05, 0) is 24.7 Å². The lowest BCUT2D eigenvalue weighted by molar-refractivity contribution is 0.650. The number of hydrogen-bond donors (Lipinski definition) is 1. The molecule has 0 aromatic rings. The summed E-state index contributed by atoms with van der Waals surface area (Å²) in [4.78, 5) is 0. The molecule has 0 aliphatic carbocycles. The predicted molar refractivity (Wildman–Crippen MR) is 65.1 cm³/mol. The Labute approximate surface area is 85.9 Å². The molecule has 0 saturated carbocycles. The Morgan fingerprint density at radius 2 is 1.62 bits per heavy atom. The van der Waals surface area contributed by atoms with Crippen LogP contribution in [0, 0.1) is 0 Å². The van der Waals surface area contributed by atoms with E-state index in [-0.39, 0.29) is 0 Å². The lowest BCUT2D eigenvalue weighted by Crippen LogP contribution is -2.45. The van der Waals surface area contributed by atoms with Gasteiger partial charge in [0.15, 0.2) is 0 Å². The van der Waals surface area contributed by atoms with Crippen LogP contribution in [0.4, 0.5) is 0 Å². The second kappa shape index (κ2) is 6.60. The van der Waals surface area contributed by atoms with Crippen molar-refractivity contribution in [2.45, 2.75) is 64.2 Å². The summed E-state index contributed by atoms with van der Waals surface area (Å²) in [5.74, 6) is 0. The molecule has 80 valence electrons. The third kappa shape index (κ3) is 3.82. The van der Waals surface area contributed by atoms with Crippen LogP contribution in [-0.4, -0.2) is 21.5 Å². The van der Waals surface area contributed by atoms with Gasteiger partial charge >= 0.3 is 0 Å². The molecule has 0 amide bonds. The molecule has 0 fully saturated rings. The number of rotatable bonds is 6. The van der Waals surface area contributed by atoms with E-state index < -0.39 is 8.80 Å². The summed E-state index contributed by atoms with van der Waals surface area (Å²) in [6.45, 7) is 11.9. The van der Waals surface area contributed by atoms with E-state index in [2.05, 4.69) is 47.0 Å². The predicted octanol–water partition coefficient (Wildman–Crippen LogP) is 2.96. The molecule has 13 heavy (non-hydrogen) atoms. The molecule has 2 heteroatoms. The van der Waals surface area contributed by atoms with Gasteiger partial charge in [0.05, 0.1) is 8.80 Å². The minimum absolute atomic E-state index is 0.627. The van der Waals surface area contributed by atoms with Crippen LogP contribution < -0.4 is 5.32 Å². The fourth-order valence-corrected chi connectivity index (χ4v) is 6.97. The normalized spacial score (nSPS) is 18.7. The van der Waals surface area contributed by atoms with E-state index in [1.807, 2.05) is 0 Å². The van der Waals surface area contributed by atoms with Crippen molar-refractivity contribution < 1.29 is 0 Å². The summed E-state index contributed by atoms with van der Waals surface area (Å²) >= 11 is 0. The van der Waals surface area contributed by atoms with Gasteiger partial charge in [0, 0.05) is 0 Å². The van der Waals surface area contributed by atoms with Gasteiger partial charge in [0.25, 0.3) is 0 Å². The second-order valence-electron chi connectivity index (χ2n) is 4.51. The van der Waals surface area contributed by atoms with Gasteiger partial charge in [-0.2, -0.15) is 0 Å². The summed E-state index contributed by atoms with van der Waals surface area (Å²) in [6, 6.07) is 0. The molecule has 0 spiro atoms. The van der Waals surface area contributed by atoms with Crippen molar-refractivity contribution in [2.24, 2.45) is 0 Å². The summed E-state index contributed by atoms with van der Waals surface area (Å²) in [7, 11) is 1.50. The van der Waals surface area contributed by atoms with Crippen molar-refractivity contribution in [3.8, 4) is 0 Å². The van der Waals surface area contributed by atoms with Crippen LogP contribution in [0.15, 0.2) is 0 Å². The average molecular weight is 201 g/mol. The Hall–Kier alpha value is 0.177. The van der Waals surface area contributed by atoms with Crippen molar-refractivity contribution in [3.05, 3.63) is 0 Å². The van der Waals surface area contributed by atoms with E-state index >= 15 is 0 Å². The van der Waals surface area contributed by atoms with Gasteiger partial charge < -0.3 is 5.32 Å². The molecule has 0 aliphatic rings. The van der Waals surface area contributed by atoms with Gasteiger partial charge in [0.2, 0.25) is 0 Å². The van der Waals surface area contributed by atoms with Crippen molar-refractivity contribution >= 4 is 8.80 Å². The smallest absolute Gasteiger partial charge is 0.0619 e. The SMILES string of the molecule is CCC(C)[SiH](C(C)C)C(CC)NC. The standard InChI is InChI=1S/C11H27NSi/c1-7-10(5)13(9(3)4)11(8-2)12-6/h9-13H,7-8H2,1-6H3. The van der Waals surface area contributed by atoms with E-state index in [9.17, 15) is 0 Å². The number of nitrogens with one attached hydrogen (secondary N) is 1. The molecule has 0 bridgehead atoms. The first-order valence-corrected chi connectivity index (χ1v) is 7.75. The lowest BCUT2D eigenvalue weighted by Gasteiger charge is -2.32. The molecule has 0 radical (unpaired) electrons. The topological polar surface area (TPSA) is 12.0 Å². The maximum atomic E-state index is 3.51. The zero-order valence-electron chi connectivity index (χ0n) is 10.2. The summed E-state index contributed by atoms with van der Waals surface area (Å²) < 4.78 is 0. The first kappa shape index (κ1) is 13.2. The highest BCUT2D eigenvalue weighted by Crippen LogP contribution is 2.26. The van der Waals surface area contributed by atoms with Crippen LogP contribution >= 0.6 is 0 Å². The van der Waals surface area contributed by atoms with Crippen molar-refractivity contribution in [2.75, 3.05) is 7.05 Å². The maximum Gasteiger partial charge on any atom is 0.0619 e. The summed E-state index contributed by atoms with van der Waals surface area (Å²) in [5, 5.41) is 3.51. The first-order chi connectivity index (χ1) is 6.08. The van der Waals surface area contributed by atoms with Crippen LogP contribution in [0.2, 0.25) is 11.1 Å². The Morgan fingerprint density at radius 3 is 1.85 bits per heavy atom. The lowest BCUT2D eigenvalue weighted by atomic mass is 10.4. The zero-order valence-corrected chi connectivity index (χ0v) is 11.4. The Morgan fingerprint density at radius 1 is 1.08 bits per heavy atom. The van der Waals surface area contributed by atoms with Crippen molar-refractivity contribution in [3.63, 3.8) is 0 Å². The van der Waals surface area contributed by atoms with E-state index in [1.165, 1.54) is 12.8 Å². The minimum atomic E-state index is -0.627. The van der Waals surface area contributed by atoms with Crippen LogP contribution in [0.3, 0.4) is 0 Å². The molecule has 0 heterocycles. The highest BCUT2D eigenvalue weighted by Gasteiger charge is 2.27. The average Bonchev–Trinajstić information content (AvgIpc) is 2.12. The van der Waals surface area contributed by atoms with Gasteiger partial charge in [0.1, 0.15) is 0 Å². The molecule has 3 atom stereocenters. The second-order valence-corrected chi connectivity index (χ2v) is 8.94. The molecular weight excluding hydrogens is 174 g/mol. The molecule has 0 saturated heterocycles. The van der Waals surface area contributed by atoms with Crippen LogP contribution in [0.25, 0.3) is 0 Å². The van der Waals surface area contributed by atoms with E-state index in [0.717, 1.165) is 16.7 Å². The molecule has 0 aliphatic heterocycles. The fraction of sp³-hybridized carbons (Fsp3) is 1.00. The first-order valence-electron chi connectivity index (χ1n) is 5.75. The minimum Gasteiger partial charge on any atom is -0.320 e. The molecule has 3 unspecified atom stereocenters. The van der Waals surface area contributed by atoms with Gasteiger partial charge in [-0.3, -0.25) is 0 Å². The van der Waals surface area contributed by atoms with E-state index in [0.29, 0.717) is 0 Å². The third-order valence-electron chi connectivity index (χ3n) is 3.35. The van der Waals surface area contributed by atoms with Crippen LogP contribution in [0.1, 0.15) is 47.5 Å². The third-order valence-corrected chi connectivity index (χ3v) is 8.41. The van der Waals surface area contributed by atoms with Gasteiger partial charge in [-0.15, -0.1) is 0 Å². The highest BCUT2D eigenvalue weighted by atomic mass is 28.3. The Balaban J connectivity index is 4.38. The Bertz CT molecular complexity index is 121. The largest absolute Gasteiger partial charge is 0.320 e. The molecule has 0 aromatic carbocycles. The number of hydrogen-bond acceptors (Lipinski definition) is 1. The maximum absolute atomic E-state index is 3.51. The van der Waals surface area contributed by atoms with Crippen molar-refractivity contribution in [1.29, 1.82) is 0 Å². The molecule has 0 rings (SSSR count). The summed E-state index contributed by atoms with van der Waals surface area (Å²) in [6.07, 6.45) is 2.66. The monoisotopic (exact) mass is 201 g/mol. The van der Waals surface area contributed by atoms with Crippen LogP contribution in [0.5, 0.6) is 0 Å². The molecule has 1 nitrogen and oxygen atoms in total. The quantitative estimate of drug-likeness (QED) is 0.652. The van der Waals surface area contributed by atoms with Crippen molar-refractivity contribution in [1.82, 2.24) is 5.32 Å².